The highest BCUT2D eigenvalue weighted by Gasteiger charge is 2.29. The van der Waals surface area contributed by atoms with E-state index in [1.165, 1.54) is 29.7 Å². The molecule has 0 aliphatic rings. The molecule has 8 heteroatoms. The highest BCUT2D eigenvalue weighted by Crippen LogP contribution is 2.29. The first kappa shape index (κ1) is 17.9. The molecule has 4 nitrogen and oxygen atoms in total. The zero-order valence-electron chi connectivity index (χ0n) is 13.6. The van der Waals surface area contributed by atoms with Crippen molar-refractivity contribution in [3.8, 4) is 17.0 Å². The van der Waals surface area contributed by atoms with Crippen molar-refractivity contribution in [1.82, 2.24) is 4.98 Å². The van der Waals surface area contributed by atoms with Crippen LogP contribution in [0.25, 0.3) is 11.3 Å². The first-order valence-corrected chi connectivity index (χ1v) is 8.40. The van der Waals surface area contributed by atoms with Crippen LogP contribution in [0, 0.1) is 0 Å². The summed E-state index contributed by atoms with van der Waals surface area (Å²) >= 11 is 1.38. The number of hydrazone groups is 1. The van der Waals surface area contributed by atoms with Gasteiger partial charge in [0.2, 0.25) is 5.13 Å². The predicted octanol–water partition coefficient (Wildman–Crippen LogP) is 5.28. The second kappa shape index (κ2) is 7.57. The summed E-state index contributed by atoms with van der Waals surface area (Å²) in [7, 11) is 1.61. The maximum Gasteiger partial charge on any atom is 0.416 e. The largest absolute Gasteiger partial charge is 0.497 e. The molecule has 0 saturated carbocycles. The minimum atomic E-state index is -4.34. The van der Waals surface area contributed by atoms with E-state index >= 15 is 0 Å². The summed E-state index contributed by atoms with van der Waals surface area (Å²) in [5, 5.41) is 6.48. The van der Waals surface area contributed by atoms with Gasteiger partial charge in [-0.05, 0) is 42.0 Å². The first-order valence-electron chi connectivity index (χ1n) is 7.52. The average Bonchev–Trinajstić information content (AvgIpc) is 3.10. The Labute approximate surface area is 152 Å². The summed E-state index contributed by atoms with van der Waals surface area (Å²) in [6, 6.07) is 12.3. The van der Waals surface area contributed by atoms with Crippen LogP contribution in [0.2, 0.25) is 0 Å². The van der Waals surface area contributed by atoms with Crippen molar-refractivity contribution in [1.29, 1.82) is 0 Å². The summed E-state index contributed by atoms with van der Waals surface area (Å²) in [6.45, 7) is 0. The van der Waals surface area contributed by atoms with Gasteiger partial charge in [0.05, 0.1) is 24.6 Å². The van der Waals surface area contributed by atoms with Gasteiger partial charge in [-0.1, -0.05) is 12.1 Å². The molecule has 0 saturated heterocycles. The molecular weight excluding hydrogens is 363 g/mol. The number of ether oxygens (including phenoxy) is 1. The van der Waals surface area contributed by atoms with Gasteiger partial charge in [-0.25, -0.2) is 4.98 Å². The Morgan fingerprint density at radius 2 is 1.77 bits per heavy atom. The standard InChI is InChI=1S/C18H14F3N3OS/c1-25-15-8-4-13(5-9-15)16-11-26-17(23-16)24-22-10-12-2-6-14(7-3-12)18(19,20)21/h2-11H,1H3,(H,23,24)/b22-10-. The molecule has 0 atom stereocenters. The van der Waals surface area contributed by atoms with Crippen LogP contribution in [0.15, 0.2) is 59.0 Å². The fraction of sp³-hybridized carbons (Fsp3) is 0.111. The molecule has 0 spiro atoms. The zero-order chi connectivity index (χ0) is 18.6. The highest BCUT2D eigenvalue weighted by atomic mass is 32.1. The quantitative estimate of drug-likeness (QED) is 0.486. The molecule has 3 aromatic rings. The first-order chi connectivity index (χ1) is 12.5. The van der Waals surface area contributed by atoms with Crippen LogP contribution < -0.4 is 10.2 Å². The van der Waals surface area contributed by atoms with Gasteiger partial charge >= 0.3 is 6.18 Å². The lowest BCUT2D eigenvalue weighted by Crippen LogP contribution is -2.04. The molecule has 0 aliphatic carbocycles. The summed E-state index contributed by atoms with van der Waals surface area (Å²) < 4.78 is 42.7. The van der Waals surface area contributed by atoms with Crippen LogP contribution in [0.5, 0.6) is 5.75 Å². The van der Waals surface area contributed by atoms with E-state index < -0.39 is 11.7 Å². The van der Waals surface area contributed by atoms with Crippen molar-refractivity contribution < 1.29 is 17.9 Å². The Morgan fingerprint density at radius 3 is 2.38 bits per heavy atom. The number of rotatable bonds is 5. The lowest BCUT2D eigenvalue weighted by Gasteiger charge is -2.05. The van der Waals surface area contributed by atoms with E-state index in [9.17, 15) is 13.2 Å². The summed E-state index contributed by atoms with van der Waals surface area (Å²) in [5.74, 6) is 0.767. The Bertz CT molecular complexity index is 887. The van der Waals surface area contributed by atoms with Crippen LogP contribution in [-0.4, -0.2) is 18.3 Å². The third-order valence-electron chi connectivity index (χ3n) is 3.50. The van der Waals surface area contributed by atoms with Crippen molar-refractivity contribution in [2.24, 2.45) is 5.10 Å². The normalized spacial score (nSPS) is 11.7. The molecule has 0 bridgehead atoms. The molecule has 1 heterocycles. The van der Waals surface area contributed by atoms with E-state index in [2.05, 4.69) is 15.5 Å². The van der Waals surface area contributed by atoms with E-state index in [4.69, 9.17) is 4.74 Å². The van der Waals surface area contributed by atoms with E-state index in [1.807, 2.05) is 29.6 Å². The molecule has 26 heavy (non-hydrogen) atoms. The van der Waals surface area contributed by atoms with Gasteiger partial charge in [0.25, 0.3) is 0 Å². The van der Waals surface area contributed by atoms with Gasteiger partial charge < -0.3 is 4.74 Å². The molecule has 3 rings (SSSR count). The van der Waals surface area contributed by atoms with Gasteiger partial charge in [0.1, 0.15) is 5.75 Å². The summed E-state index contributed by atoms with van der Waals surface area (Å²) in [6.07, 6.45) is -2.90. The molecular formula is C18H14F3N3OS. The maximum absolute atomic E-state index is 12.5. The Morgan fingerprint density at radius 1 is 1.08 bits per heavy atom. The number of anilines is 1. The number of hydrogen-bond acceptors (Lipinski definition) is 5. The van der Waals surface area contributed by atoms with Crippen molar-refractivity contribution >= 4 is 22.7 Å². The predicted molar refractivity (Wildman–Crippen MR) is 96.8 cm³/mol. The zero-order valence-corrected chi connectivity index (χ0v) is 14.4. The van der Waals surface area contributed by atoms with Crippen LogP contribution in [-0.2, 0) is 6.18 Å². The minimum Gasteiger partial charge on any atom is -0.497 e. The molecule has 134 valence electrons. The van der Waals surface area contributed by atoms with Gasteiger partial charge in [0, 0.05) is 10.9 Å². The molecule has 0 amide bonds. The second-order valence-electron chi connectivity index (χ2n) is 5.26. The number of nitrogens with one attached hydrogen (secondary N) is 1. The smallest absolute Gasteiger partial charge is 0.416 e. The van der Waals surface area contributed by atoms with Gasteiger partial charge in [0.15, 0.2) is 0 Å². The van der Waals surface area contributed by atoms with Gasteiger partial charge in [-0.3, -0.25) is 5.43 Å². The van der Waals surface area contributed by atoms with E-state index in [0.717, 1.165) is 29.1 Å². The lowest BCUT2D eigenvalue weighted by molar-refractivity contribution is -0.137. The van der Waals surface area contributed by atoms with Crippen LogP contribution >= 0.6 is 11.3 Å². The second-order valence-corrected chi connectivity index (χ2v) is 6.11. The molecule has 0 aliphatic heterocycles. The SMILES string of the molecule is COc1ccc(-c2csc(N/N=C\c3ccc(C(F)(F)F)cc3)n2)cc1. The monoisotopic (exact) mass is 377 g/mol. The summed E-state index contributed by atoms with van der Waals surface area (Å²) in [5.41, 5.74) is 4.39. The third-order valence-corrected chi connectivity index (χ3v) is 4.25. The van der Waals surface area contributed by atoms with Crippen molar-refractivity contribution in [2.45, 2.75) is 6.18 Å². The van der Waals surface area contributed by atoms with E-state index in [-0.39, 0.29) is 0 Å². The van der Waals surface area contributed by atoms with Crippen molar-refractivity contribution in [3.63, 3.8) is 0 Å². The topological polar surface area (TPSA) is 46.5 Å². The Balaban J connectivity index is 1.63. The van der Waals surface area contributed by atoms with Crippen molar-refractivity contribution in [3.05, 3.63) is 65.0 Å². The van der Waals surface area contributed by atoms with Crippen LogP contribution in [0.1, 0.15) is 11.1 Å². The molecule has 1 N–H and O–H groups in total. The van der Waals surface area contributed by atoms with Gasteiger partial charge in [-0.15, -0.1) is 11.3 Å². The molecule has 0 unspecified atom stereocenters. The number of halogens is 3. The van der Waals surface area contributed by atoms with Crippen molar-refractivity contribution in [2.75, 3.05) is 12.5 Å². The average molecular weight is 377 g/mol. The minimum absolute atomic E-state index is 0.553. The number of benzene rings is 2. The number of thiazole rings is 1. The molecule has 0 radical (unpaired) electrons. The highest BCUT2D eigenvalue weighted by molar-refractivity contribution is 7.14. The molecule has 1 aromatic heterocycles. The number of nitrogens with zero attached hydrogens (tertiary/aromatic N) is 2. The maximum atomic E-state index is 12.5. The van der Waals surface area contributed by atoms with E-state index in [1.54, 1.807) is 7.11 Å². The van der Waals surface area contributed by atoms with Crippen LogP contribution in [0.3, 0.4) is 0 Å². The number of alkyl halides is 3. The molecule has 0 fully saturated rings. The fourth-order valence-corrected chi connectivity index (χ4v) is 2.81. The fourth-order valence-electron chi connectivity index (χ4n) is 2.14. The van der Waals surface area contributed by atoms with E-state index in [0.29, 0.717) is 10.7 Å². The van der Waals surface area contributed by atoms with Gasteiger partial charge in [-0.2, -0.15) is 18.3 Å². The number of aromatic nitrogens is 1. The van der Waals surface area contributed by atoms with Crippen LogP contribution in [0.4, 0.5) is 18.3 Å². The summed E-state index contributed by atoms with van der Waals surface area (Å²) in [4.78, 5) is 4.42. The molecule has 2 aromatic carbocycles. The number of hydrogen-bond donors (Lipinski definition) is 1. The Kier molecular flexibility index (Phi) is 5.22. The lowest BCUT2D eigenvalue weighted by atomic mass is 10.1. The Hall–Kier alpha value is -2.87. The number of methoxy groups -OCH3 is 1. The third kappa shape index (κ3) is 4.40.